The number of aliphatic hydroxyl groups excluding tert-OH is 1. The van der Waals surface area contributed by atoms with Crippen LogP contribution in [0.5, 0.6) is 0 Å². The highest BCUT2D eigenvalue weighted by molar-refractivity contribution is 6.25. The number of allylic oxidation sites excluding steroid dienone is 1. The Morgan fingerprint density at radius 1 is 0.900 bits per heavy atom. The molecule has 0 aliphatic rings. The molecular formula is C24H17N3O3. The van der Waals surface area contributed by atoms with Crippen LogP contribution in [-0.4, -0.2) is 26.5 Å². The second kappa shape index (κ2) is 8.36. The monoisotopic (exact) mass is 395 g/mol. The third-order valence-electron chi connectivity index (χ3n) is 4.51. The topological polar surface area (TPSA) is 84.0 Å². The molecule has 0 aliphatic heterocycles. The summed E-state index contributed by atoms with van der Waals surface area (Å²) < 4.78 is 1.37. The highest BCUT2D eigenvalue weighted by Gasteiger charge is 2.17. The molecule has 2 aromatic carbocycles. The van der Waals surface area contributed by atoms with E-state index in [1.165, 1.54) is 16.8 Å². The van der Waals surface area contributed by atoms with E-state index in [2.05, 4.69) is 9.98 Å². The van der Waals surface area contributed by atoms with Crippen molar-refractivity contribution < 1.29 is 9.90 Å². The minimum atomic E-state index is -0.408. The number of rotatable bonds is 5. The molecule has 4 aromatic rings. The van der Waals surface area contributed by atoms with Crippen molar-refractivity contribution in [1.82, 2.24) is 9.38 Å². The molecule has 1 N–H and O–H groups in total. The molecule has 30 heavy (non-hydrogen) atoms. The number of aromatic nitrogens is 2. The number of aliphatic hydroxyl groups is 1. The van der Waals surface area contributed by atoms with Gasteiger partial charge in [0, 0.05) is 23.5 Å². The first-order valence-corrected chi connectivity index (χ1v) is 9.24. The van der Waals surface area contributed by atoms with Gasteiger partial charge in [-0.15, -0.1) is 0 Å². The molecule has 0 radical (unpaired) electrons. The van der Waals surface area contributed by atoms with Gasteiger partial charge in [-0.25, -0.2) is 9.98 Å². The second-order valence-corrected chi connectivity index (χ2v) is 6.46. The van der Waals surface area contributed by atoms with Crippen molar-refractivity contribution in [2.24, 2.45) is 4.99 Å². The average Bonchev–Trinajstić information content (AvgIpc) is 2.81. The van der Waals surface area contributed by atoms with Crippen molar-refractivity contribution >= 4 is 29.1 Å². The van der Waals surface area contributed by atoms with E-state index in [1.807, 2.05) is 6.07 Å². The molecule has 0 unspecified atom stereocenters. The number of Topliss-reactive ketones (excluding diaryl/α,β-unsaturated/α-hetero) is 1. The summed E-state index contributed by atoms with van der Waals surface area (Å²) in [5.41, 5.74) is 1.02. The number of pyridine rings is 1. The number of aliphatic imine (C=N–C) groups is 1. The van der Waals surface area contributed by atoms with E-state index in [0.717, 1.165) is 0 Å². The molecule has 0 saturated carbocycles. The summed E-state index contributed by atoms with van der Waals surface area (Å²) in [6.45, 7) is 0. The molecular weight excluding hydrogens is 378 g/mol. The number of benzene rings is 2. The maximum Gasteiger partial charge on any atom is 0.283 e. The van der Waals surface area contributed by atoms with Gasteiger partial charge < -0.3 is 5.11 Å². The number of carbonyl (C=O) groups excluding carboxylic acids is 1. The zero-order chi connectivity index (χ0) is 20.9. The highest BCUT2D eigenvalue weighted by atomic mass is 16.3. The lowest BCUT2D eigenvalue weighted by atomic mass is 10.0. The standard InChI is InChI=1S/C24H17N3O3/c28-22(17-9-3-1-4-10-17)19(23(29)18-11-5-2-6-12-18)15-25-20-16-26-21-13-7-8-14-27(21)24(20)30/h1-16,28H. The molecule has 0 fully saturated rings. The first kappa shape index (κ1) is 19.0. The molecule has 0 amide bonds. The van der Waals surface area contributed by atoms with Gasteiger partial charge in [-0.3, -0.25) is 14.0 Å². The number of ketones is 1. The second-order valence-electron chi connectivity index (χ2n) is 6.46. The molecule has 4 rings (SSSR count). The van der Waals surface area contributed by atoms with Gasteiger partial charge in [0.1, 0.15) is 17.1 Å². The van der Waals surface area contributed by atoms with Gasteiger partial charge in [0.25, 0.3) is 5.56 Å². The molecule has 0 aliphatic carbocycles. The smallest absolute Gasteiger partial charge is 0.283 e. The van der Waals surface area contributed by atoms with Crippen molar-refractivity contribution in [2.45, 2.75) is 0 Å². The summed E-state index contributed by atoms with van der Waals surface area (Å²) in [5.74, 6) is -0.628. The first-order valence-electron chi connectivity index (χ1n) is 9.24. The average molecular weight is 395 g/mol. The van der Waals surface area contributed by atoms with Crippen LogP contribution in [0.2, 0.25) is 0 Å². The number of nitrogens with zero attached hydrogens (tertiary/aromatic N) is 3. The first-order chi connectivity index (χ1) is 14.6. The molecule has 2 heterocycles. The van der Waals surface area contributed by atoms with Crippen molar-refractivity contribution in [3.63, 3.8) is 0 Å². The van der Waals surface area contributed by atoms with Gasteiger partial charge in [-0.05, 0) is 12.1 Å². The van der Waals surface area contributed by atoms with Crippen LogP contribution in [0.1, 0.15) is 15.9 Å². The number of hydrogen-bond donors (Lipinski definition) is 1. The van der Waals surface area contributed by atoms with E-state index in [9.17, 15) is 14.7 Å². The lowest BCUT2D eigenvalue weighted by molar-refractivity contribution is 0.104. The number of fused-ring (bicyclic) bond motifs is 1. The summed E-state index contributed by atoms with van der Waals surface area (Å²) in [4.78, 5) is 34.1. The molecule has 2 aromatic heterocycles. The molecule has 0 spiro atoms. The van der Waals surface area contributed by atoms with E-state index in [4.69, 9.17) is 0 Å². The predicted molar refractivity (Wildman–Crippen MR) is 116 cm³/mol. The zero-order valence-corrected chi connectivity index (χ0v) is 15.8. The Morgan fingerprint density at radius 3 is 2.23 bits per heavy atom. The fourth-order valence-electron chi connectivity index (χ4n) is 2.96. The SMILES string of the molecule is O=C(C(C=Nc1cnc2ccccn2c1=O)=C(O)c1ccccc1)c1ccccc1. The molecule has 6 nitrogen and oxygen atoms in total. The molecule has 146 valence electrons. The van der Waals surface area contributed by atoms with Crippen molar-refractivity contribution in [1.29, 1.82) is 0 Å². The lowest BCUT2D eigenvalue weighted by Crippen LogP contribution is -2.14. The van der Waals surface area contributed by atoms with Crippen molar-refractivity contribution in [2.75, 3.05) is 0 Å². The number of hydrogen-bond acceptors (Lipinski definition) is 5. The van der Waals surface area contributed by atoms with Crippen LogP contribution in [-0.2, 0) is 0 Å². The van der Waals surface area contributed by atoms with E-state index in [0.29, 0.717) is 16.8 Å². The van der Waals surface area contributed by atoms with Crippen molar-refractivity contribution in [3.05, 3.63) is 118 Å². The zero-order valence-electron chi connectivity index (χ0n) is 15.8. The molecule has 0 atom stereocenters. The van der Waals surface area contributed by atoms with Crippen LogP contribution >= 0.6 is 0 Å². The third kappa shape index (κ3) is 3.79. The fraction of sp³-hybridized carbons (Fsp3) is 0. The number of carbonyl (C=O) groups is 1. The van der Waals surface area contributed by atoms with Gasteiger partial charge in [-0.1, -0.05) is 66.7 Å². The Kier molecular flexibility index (Phi) is 5.30. The van der Waals surface area contributed by atoms with E-state index in [-0.39, 0.29) is 22.6 Å². The van der Waals surface area contributed by atoms with Gasteiger partial charge in [0.05, 0.1) is 11.8 Å². The van der Waals surface area contributed by atoms with Gasteiger partial charge in [-0.2, -0.15) is 0 Å². The molecule has 6 heteroatoms. The maximum absolute atomic E-state index is 13.1. The van der Waals surface area contributed by atoms with Crippen molar-refractivity contribution in [3.8, 4) is 0 Å². The Labute approximate surface area is 172 Å². The molecule has 0 saturated heterocycles. The third-order valence-corrected chi connectivity index (χ3v) is 4.51. The van der Waals surface area contributed by atoms with Crippen LogP contribution < -0.4 is 5.56 Å². The van der Waals surface area contributed by atoms with Gasteiger partial charge in [0.2, 0.25) is 0 Å². The Bertz CT molecular complexity index is 1320. The fourth-order valence-corrected chi connectivity index (χ4v) is 2.96. The van der Waals surface area contributed by atoms with Gasteiger partial charge >= 0.3 is 0 Å². The minimum Gasteiger partial charge on any atom is -0.506 e. The van der Waals surface area contributed by atoms with E-state index >= 15 is 0 Å². The van der Waals surface area contributed by atoms with Crippen LogP contribution in [0.4, 0.5) is 5.69 Å². The van der Waals surface area contributed by atoms with E-state index in [1.54, 1.807) is 79.0 Å². The van der Waals surface area contributed by atoms with E-state index < -0.39 is 5.78 Å². The minimum absolute atomic E-state index is 0.0232. The predicted octanol–water partition coefficient (Wildman–Crippen LogP) is 4.25. The summed E-state index contributed by atoms with van der Waals surface area (Å²) in [5, 5.41) is 10.8. The normalized spacial score (nSPS) is 12.1. The highest BCUT2D eigenvalue weighted by Crippen LogP contribution is 2.19. The van der Waals surface area contributed by atoms with Crippen LogP contribution in [0, 0.1) is 0 Å². The van der Waals surface area contributed by atoms with Crippen LogP contribution in [0.3, 0.4) is 0 Å². The summed E-state index contributed by atoms with van der Waals surface area (Å²) in [6.07, 6.45) is 4.15. The van der Waals surface area contributed by atoms with Crippen LogP contribution in [0.25, 0.3) is 11.4 Å². The summed E-state index contributed by atoms with van der Waals surface area (Å²) >= 11 is 0. The van der Waals surface area contributed by atoms with Gasteiger partial charge in [0.15, 0.2) is 5.78 Å². The largest absolute Gasteiger partial charge is 0.506 e. The lowest BCUT2D eigenvalue weighted by Gasteiger charge is -2.07. The van der Waals surface area contributed by atoms with Crippen LogP contribution in [0.15, 0.2) is 107 Å². The summed E-state index contributed by atoms with van der Waals surface area (Å²) in [7, 11) is 0. The Morgan fingerprint density at radius 2 is 1.53 bits per heavy atom. The maximum atomic E-state index is 13.1. The Balaban J connectivity index is 1.82. The summed E-state index contributed by atoms with van der Waals surface area (Å²) in [6, 6.07) is 22.5. The quantitative estimate of drug-likeness (QED) is 0.237. The Hall–Kier alpha value is -4.32. The molecule has 0 bridgehead atoms.